The zero-order valence-electron chi connectivity index (χ0n) is 22.9. The Morgan fingerprint density at radius 3 is 2.49 bits per heavy atom. The van der Waals surface area contributed by atoms with Crippen LogP contribution in [0.2, 0.25) is 0 Å². The molecule has 0 saturated carbocycles. The van der Waals surface area contributed by atoms with Crippen LogP contribution in [0.1, 0.15) is 52.3 Å². The monoisotopic (exact) mass is 577 g/mol. The van der Waals surface area contributed by atoms with E-state index in [-0.39, 0.29) is 24.4 Å². The van der Waals surface area contributed by atoms with Crippen LogP contribution in [0.3, 0.4) is 0 Å². The number of amides is 1. The van der Waals surface area contributed by atoms with Gasteiger partial charge in [-0.05, 0) is 86.6 Å². The summed E-state index contributed by atoms with van der Waals surface area (Å²) in [6, 6.07) is 19.8. The average molecular weight is 578 g/mol. The van der Waals surface area contributed by atoms with Gasteiger partial charge in [0.15, 0.2) is 5.11 Å². The Labute approximate surface area is 242 Å². The minimum Gasteiger partial charge on any atom is -0.352 e. The second-order valence-corrected chi connectivity index (χ2v) is 10.5. The molecule has 0 spiro atoms. The van der Waals surface area contributed by atoms with Gasteiger partial charge in [0.1, 0.15) is 0 Å². The topological polar surface area (TPSA) is 62.2 Å². The molecule has 2 aromatic heterocycles. The van der Waals surface area contributed by atoms with Gasteiger partial charge < -0.3 is 20.1 Å². The molecule has 1 fully saturated rings. The fourth-order valence-corrected chi connectivity index (χ4v) is 5.77. The number of aromatic nitrogens is 2. The molecule has 2 N–H and O–H groups in total. The first-order chi connectivity index (χ1) is 19.5. The molecular formula is C31H30F3N5OS. The molecule has 0 bridgehead atoms. The number of pyridine rings is 1. The molecule has 1 aliphatic rings. The normalized spacial score (nSPS) is 17.0. The molecule has 3 heterocycles. The number of rotatable bonds is 7. The lowest BCUT2D eigenvalue weighted by molar-refractivity contribution is -0.137. The van der Waals surface area contributed by atoms with Crippen molar-refractivity contribution in [2.75, 3.05) is 11.9 Å². The molecule has 0 aliphatic carbocycles. The Hall–Kier alpha value is -4.18. The minimum atomic E-state index is -4.45. The van der Waals surface area contributed by atoms with Gasteiger partial charge in [-0.3, -0.25) is 9.78 Å². The first-order valence-corrected chi connectivity index (χ1v) is 13.7. The van der Waals surface area contributed by atoms with Crippen LogP contribution in [0.5, 0.6) is 0 Å². The van der Waals surface area contributed by atoms with Crippen molar-refractivity contribution in [1.29, 1.82) is 0 Å². The third kappa shape index (κ3) is 5.83. The van der Waals surface area contributed by atoms with Crippen molar-refractivity contribution < 1.29 is 18.0 Å². The van der Waals surface area contributed by atoms with E-state index in [9.17, 15) is 18.0 Å². The maximum absolute atomic E-state index is 13.5. The van der Waals surface area contributed by atoms with E-state index in [1.807, 2.05) is 78.8 Å². The number of hydrogen-bond donors (Lipinski definition) is 2. The van der Waals surface area contributed by atoms with Crippen molar-refractivity contribution >= 4 is 28.9 Å². The number of halogens is 3. The van der Waals surface area contributed by atoms with Crippen molar-refractivity contribution in [3.63, 3.8) is 0 Å². The van der Waals surface area contributed by atoms with Crippen LogP contribution in [-0.2, 0) is 11.0 Å². The molecular weight excluding hydrogens is 547 g/mol. The highest BCUT2D eigenvalue weighted by molar-refractivity contribution is 7.80. The number of nitrogens with zero attached hydrogens (tertiary/aromatic N) is 3. The van der Waals surface area contributed by atoms with Gasteiger partial charge in [0.2, 0.25) is 5.91 Å². The third-order valence-corrected chi connectivity index (χ3v) is 7.77. The Morgan fingerprint density at radius 2 is 1.78 bits per heavy atom. The number of para-hydroxylation sites is 1. The van der Waals surface area contributed by atoms with Crippen LogP contribution in [0.4, 0.5) is 18.9 Å². The Morgan fingerprint density at radius 1 is 1.02 bits per heavy atom. The van der Waals surface area contributed by atoms with Gasteiger partial charge in [-0.25, -0.2) is 0 Å². The van der Waals surface area contributed by atoms with Gasteiger partial charge in [-0.1, -0.05) is 30.3 Å². The van der Waals surface area contributed by atoms with Gasteiger partial charge in [-0.15, -0.1) is 0 Å². The van der Waals surface area contributed by atoms with Crippen molar-refractivity contribution in [1.82, 2.24) is 19.8 Å². The first-order valence-electron chi connectivity index (χ1n) is 13.2. The lowest BCUT2D eigenvalue weighted by Gasteiger charge is -2.28. The van der Waals surface area contributed by atoms with Gasteiger partial charge in [-0.2, -0.15) is 13.2 Å². The number of aryl methyl sites for hydroxylation is 2. The van der Waals surface area contributed by atoms with Crippen molar-refractivity contribution in [2.45, 2.75) is 45.5 Å². The molecule has 212 valence electrons. The molecule has 10 heteroatoms. The highest BCUT2D eigenvalue weighted by Gasteiger charge is 2.41. The van der Waals surface area contributed by atoms with Crippen LogP contribution in [0, 0.1) is 20.8 Å². The summed E-state index contributed by atoms with van der Waals surface area (Å²) in [5.74, 6) is -0.142. The number of hydrogen-bond acceptors (Lipinski definition) is 3. The second kappa shape index (κ2) is 11.4. The van der Waals surface area contributed by atoms with E-state index in [2.05, 4.69) is 15.6 Å². The lowest BCUT2D eigenvalue weighted by Crippen LogP contribution is -2.33. The zero-order valence-corrected chi connectivity index (χ0v) is 23.7. The summed E-state index contributed by atoms with van der Waals surface area (Å²) in [4.78, 5) is 19.5. The highest BCUT2D eigenvalue weighted by Crippen LogP contribution is 2.42. The van der Waals surface area contributed by atoms with E-state index < -0.39 is 11.7 Å². The standard InChI is InChI=1S/C31H30F3N5OS/c1-19-9-4-5-12-25(19)36-27(40)14-16-38-29(28(37-30(38)41)26-13-6-7-15-35-26)24-17-20(2)39(21(24)3)23-11-8-10-22(18-23)31(32,33)34/h4-13,15,17-18,28-29H,14,16H2,1-3H3,(H,36,40)(H,37,41). The maximum Gasteiger partial charge on any atom is 0.416 e. The van der Waals surface area contributed by atoms with Crippen LogP contribution < -0.4 is 10.6 Å². The minimum absolute atomic E-state index is 0.142. The molecule has 4 aromatic rings. The molecule has 2 atom stereocenters. The summed E-state index contributed by atoms with van der Waals surface area (Å²) in [7, 11) is 0. The predicted molar refractivity (Wildman–Crippen MR) is 157 cm³/mol. The molecule has 2 aromatic carbocycles. The summed E-state index contributed by atoms with van der Waals surface area (Å²) in [5, 5.41) is 6.84. The smallest absolute Gasteiger partial charge is 0.352 e. The van der Waals surface area contributed by atoms with Gasteiger partial charge in [0.25, 0.3) is 0 Å². The molecule has 2 unspecified atom stereocenters. The number of carbonyl (C=O) groups excluding carboxylic acids is 1. The van der Waals surface area contributed by atoms with Crippen LogP contribution in [0.15, 0.2) is 79.0 Å². The molecule has 1 aliphatic heterocycles. The van der Waals surface area contributed by atoms with Crippen molar-refractivity contribution in [3.05, 3.63) is 113 Å². The van der Waals surface area contributed by atoms with Crippen molar-refractivity contribution in [3.8, 4) is 5.69 Å². The van der Waals surface area contributed by atoms with E-state index in [1.54, 1.807) is 12.3 Å². The molecule has 0 radical (unpaired) electrons. The largest absolute Gasteiger partial charge is 0.416 e. The SMILES string of the molecule is Cc1ccccc1NC(=O)CCN1C(=S)NC(c2ccccn2)C1c1cc(C)n(-c2cccc(C(F)(F)F)c2)c1C. The predicted octanol–water partition coefficient (Wildman–Crippen LogP) is 6.82. The fourth-order valence-electron chi connectivity index (χ4n) is 5.44. The number of alkyl halides is 3. The average Bonchev–Trinajstić information content (AvgIpc) is 3.43. The van der Waals surface area contributed by atoms with Gasteiger partial charge in [0.05, 0.1) is 23.3 Å². The van der Waals surface area contributed by atoms with E-state index in [0.717, 1.165) is 46.0 Å². The molecule has 1 amide bonds. The van der Waals surface area contributed by atoms with Gasteiger partial charge >= 0.3 is 6.18 Å². The number of carbonyl (C=O) groups is 1. The van der Waals surface area contributed by atoms with E-state index in [1.165, 1.54) is 6.07 Å². The highest BCUT2D eigenvalue weighted by atomic mass is 32.1. The lowest BCUT2D eigenvalue weighted by atomic mass is 9.96. The summed E-state index contributed by atoms with van der Waals surface area (Å²) in [6.45, 7) is 6.03. The van der Waals surface area contributed by atoms with E-state index >= 15 is 0 Å². The van der Waals surface area contributed by atoms with Crippen LogP contribution >= 0.6 is 12.2 Å². The number of nitrogens with one attached hydrogen (secondary N) is 2. The Balaban J connectivity index is 1.49. The molecule has 41 heavy (non-hydrogen) atoms. The maximum atomic E-state index is 13.5. The Kier molecular flexibility index (Phi) is 7.86. The van der Waals surface area contributed by atoms with Crippen LogP contribution in [-0.4, -0.2) is 32.0 Å². The fraction of sp³-hybridized carbons (Fsp3) is 0.258. The van der Waals surface area contributed by atoms with Crippen molar-refractivity contribution in [2.24, 2.45) is 0 Å². The molecule has 6 nitrogen and oxygen atoms in total. The van der Waals surface area contributed by atoms with E-state index in [4.69, 9.17) is 12.2 Å². The summed E-state index contributed by atoms with van der Waals surface area (Å²) in [5.41, 5.74) is 4.67. The number of anilines is 1. The van der Waals surface area contributed by atoms with Crippen LogP contribution in [0.25, 0.3) is 5.69 Å². The third-order valence-electron chi connectivity index (χ3n) is 7.42. The molecule has 5 rings (SSSR count). The Bertz CT molecular complexity index is 1580. The summed E-state index contributed by atoms with van der Waals surface area (Å²) < 4.78 is 42.3. The number of benzene rings is 2. The number of thiocarbonyl (C=S) groups is 1. The summed E-state index contributed by atoms with van der Waals surface area (Å²) >= 11 is 5.76. The van der Waals surface area contributed by atoms with Gasteiger partial charge in [0, 0.05) is 41.9 Å². The summed E-state index contributed by atoms with van der Waals surface area (Å²) in [6.07, 6.45) is -2.55. The quantitative estimate of drug-likeness (QED) is 0.236. The zero-order chi connectivity index (χ0) is 29.3. The second-order valence-electron chi connectivity index (χ2n) is 10.1. The molecule has 1 saturated heterocycles. The first kappa shape index (κ1) is 28.4. The van der Waals surface area contributed by atoms with E-state index in [0.29, 0.717) is 17.3 Å².